The number of benzene rings is 2. The van der Waals surface area contributed by atoms with E-state index >= 15 is 0 Å². The molecular weight excluding hydrogens is 328 g/mol. The van der Waals surface area contributed by atoms with Gasteiger partial charge in [0.15, 0.2) is 5.92 Å². The van der Waals surface area contributed by atoms with Crippen molar-refractivity contribution in [2.24, 2.45) is 5.92 Å². The molecule has 1 aliphatic rings. The van der Waals surface area contributed by atoms with E-state index in [1.54, 1.807) is 13.8 Å². The van der Waals surface area contributed by atoms with Crippen LogP contribution in [0, 0.1) is 5.92 Å². The van der Waals surface area contributed by atoms with Crippen molar-refractivity contribution in [2.45, 2.75) is 32.6 Å². The summed E-state index contributed by atoms with van der Waals surface area (Å²) in [6.45, 7) is 3.94. The second-order valence-corrected chi connectivity index (χ2v) is 6.36. The summed E-state index contributed by atoms with van der Waals surface area (Å²) in [5.41, 5.74) is 4.33. The Morgan fingerprint density at radius 2 is 1.27 bits per heavy atom. The first-order valence-electron chi connectivity index (χ1n) is 9.16. The molecule has 4 nitrogen and oxygen atoms in total. The van der Waals surface area contributed by atoms with Crippen LogP contribution < -0.4 is 0 Å². The maximum Gasteiger partial charge on any atom is 0.321 e. The van der Waals surface area contributed by atoms with Crippen LogP contribution in [0.5, 0.6) is 0 Å². The number of carbonyl (C=O) groups excluding carboxylic acids is 2. The maximum absolute atomic E-state index is 12.8. The predicted molar refractivity (Wildman–Crippen MR) is 98.9 cm³/mol. The van der Waals surface area contributed by atoms with Crippen molar-refractivity contribution in [3.8, 4) is 0 Å². The molecule has 0 aliphatic heterocycles. The van der Waals surface area contributed by atoms with Crippen molar-refractivity contribution in [3.63, 3.8) is 0 Å². The molecule has 2 aromatic carbocycles. The Morgan fingerprint density at radius 1 is 0.846 bits per heavy atom. The number of esters is 2. The highest BCUT2D eigenvalue weighted by atomic mass is 16.6. The molecule has 1 aliphatic carbocycles. The highest BCUT2D eigenvalue weighted by Crippen LogP contribution is 2.40. The summed E-state index contributed by atoms with van der Waals surface area (Å²) < 4.78 is 10.5. The molecule has 0 bridgehead atoms. The molecule has 0 unspecified atom stereocenters. The van der Waals surface area contributed by atoms with E-state index in [0.29, 0.717) is 0 Å². The molecule has 0 radical (unpaired) electrons. The summed E-state index contributed by atoms with van der Waals surface area (Å²) >= 11 is 0. The summed E-state index contributed by atoms with van der Waals surface area (Å²) in [7, 11) is 0. The van der Waals surface area contributed by atoms with Crippen molar-refractivity contribution >= 4 is 11.9 Å². The molecule has 3 rings (SSSR count). The van der Waals surface area contributed by atoms with Crippen molar-refractivity contribution in [3.05, 3.63) is 70.8 Å². The Balaban J connectivity index is 2.18. The van der Waals surface area contributed by atoms with Crippen LogP contribution in [0.4, 0.5) is 0 Å². The van der Waals surface area contributed by atoms with E-state index in [0.717, 1.165) is 35.1 Å². The monoisotopic (exact) mass is 352 g/mol. The predicted octanol–water partition coefficient (Wildman–Crippen LogP) is 3.66. The van der Waals surface area contributed by atoms with Gasteiger partial charge >= 0.3 is 11.9 Å². The summed E-state index contributed by atoms with van der Waals surface area (Å²) in [5.74, 6) is -2.46. The molecular formula is C22H24O4. The van der Waals surface area contributed by atoms with Crippen LogP contribution in [0.15, 0.2) is 48.5 Å². The Morgan fingerprint density at radius 3 is 1.69 bits per heavy atom. The second kappa shape index (κ2) is 8.17. The van der Waals surface area contributed by atoms with Gasteiger partial charge in [0.1, 0.15) is 0 Å². The maximum atomic E-state index is 12.8. The average molecular weight is 352 g/mol. The lowest BCUT2D eigenvalue weighted by Gasteiger charge is -2.26. The average Bonchev–Trinajstić information content (AvgIpc) is 2.80. The normalized spacial score (nSPS) is 13.5. The fourth-order valence-electron chi connectivity index (χ4n) is 3.76. The van der Waals surface area contributed by atoms with Gasteiger partial charge in [0.25, 0.3) is 0 Å². The van der Waals surface area contributed by atoms with Crippen LogP contribution in [0.3, 0.4) is 0 Å². The molecule has 2 aromatic rings. The van der Waals surface area contributed by atoms with E-state index in [-0.39, 0.29) is 13.2 Å². The summed E-state index contributed by atoms with van der Waals surface area (Å²) in [5, 5.41) is 0. The molecule has 0 saturated carbocycles. The van der Waals surface area contributed by atoms with E-state index < -0.39 is 23.8 Å². The minimum atomic E-state index is -1.00. The van der Waals surface area contributed by atoms with Gasteiger partial charge in [0, 0.05) is 5.92 Å². The molecule has 0 atom stereocenters. The minimum Gasteiger partial charge on any atom is -0.465 e. The Bertz CT molecular complexity index is 731. The SMILES string of the molecule is CCOC(=O)C(C(=O)OCC)C1c2ccccc2CCc2ccccc21. The number of hydrogen-bond acceptors (Lipinski definition) is 4. The van der Waals surface area contributed by atoms with Gasteiger partial charge in [-0.3, -0.25) is 9.59 Å². The number of carbonyl (C=O) groups is 2. The van der Waals surface area contributed by atoms with Gasteiger partial charge in [-0.2, -0.15) is 0 Å². The Kier molecular flexibility index (Phi) is 5.71. The van der Waals surface area contributed by atoms with Crippen LogP contribution in [0.25, 0.3) is 0 Å². The highest BCUT2D eigenvalue weighted by Gasteiger charge is 2.41. The molecule has 0 spiro atoms. The smallest absolute Gasteiger partial charge is 0.321 e. The van der Waals surface area contributed by atoms with Crippen LogP contribution in [-0.2, 0) is 31.9 Å². The molecule has 0 amide bonds. The van der Waals surface area contributed by atoms with E-state index in [1.807, 2.05) is 36.4 Å². The fraction of sp³-hybridized carbons (Fsp3) is 0.364. The summed E-state index contributed by atoms with van der Waals surface area (Å²) in [6, 6.07) is 16.1. The van der Waals surface area contributed by atoms with Crippen LogP contribution >= 0.6 is 0 Å². The highest BCUT2D eigenvalue weighted by molar-refractivity contribution is 5.97. The summed E-state index contributed by atoms with van der Waals surface area (Å²) in [4.78, 5) is 25.5. The first-order valence-corrected chi connectivity index (χ1v) is 9.16. The Hall–Kier alpha value is -2.62. The van der Waals surface area contributed by atoms with Crippen molar-refractivity contribution in [1.29, 1.82) is 0 Å². The molecule has 0 saturated heterocycles. The third-order valence-electron chi connectivity index (χ3n) is 4.86. The van der Waals surface area contributed by atoms with Gasteiger partial charge in [-0.05, 0) is 48.9 Å². The largest absolute Gasteiger partial charge is 0.465 e. The molecule has 0 fully saturated rings. The first kappa shape index (κ1) is 18.2. The lowest BCUT2D eigenvalue weighted by atomic mass is 9.78. The Labute approximate surface area is 154 Å². The van der Waals surface area contributed by atoms with Crippen LogP contribution in [0.1, 0.15) is 42.0 Å². The quantitative estimate of drug-likeness (QED) is 0.609. The zero-order valence-electron chi connectivity index (χ0n) is 15.2. The zero-order valence-corrected chi connectivity index (χ0v) is 15.2. The van der Waals surface area contributed by atoms with Gasteiger partial charge in [0.05, 0.1) is 13.2 Å². The molecule has 26 heavy (non-hydrogen) atoms. The number of fused-ring (bicyclic) bond motifs is 2. The molecule has 0 N–H and O–H groups in total. The molecule has 4 heteroatoms. The standard InChI is InChI=1S/C22H24O4/c1-3-25-21(23)20(22(24)26-4-2)19-17-11-7-5-9-15(17)13-14-16-10-6-8-12-18(16)19/h5-12,19-20H,3-4,13-14H2,1-2H3. The number of aryl methyl sites for hydroxylation is 2. The second-order valence-electron chi connectivity index (χ2n) is 6.36. The van der Waals surface area contributed by atoms with Crippen LogP contribution in [-0.4, -0.2) is 25.2 Å². The van der Waals surface area contributed by atoms with Gasteiger partial charge in [-0.25, -0.2) is 0 Å². The molecule has 136 valence electrons. The van der Waals surface area contributed by atoms with Crippen molar-refractivity contribution in [1.82, 2.24) is 0 Å². The van der Waals surface area contributed by atoms with Crippen molar-refractivity contribution < 1.29 is 19.1 Å². The summed E-state index contributed by atoms with van der Waals surface area (Å²) in [6.07, 6.45) is 1.75. The zero-order chi connectivity index (χ0) is 18.5. The van der Waals surface area contributed by atoms with Crippen molar-refractivity contribution in [2.75, 3.05) is 13.2 Å². The van der Waals surface area contributed by atoms with E-state index in [9.17, 15) is 9.59 Å². The van der Waals surface area contributed by atoms with Gasteiger partial charge in [0.2, 0.25) is 0 Å². The fourth-order valence-corrected chi connectivity index (χ4v) is 3.76. The first-order chi connectivity index (χ1) is 12.7. The third-order valence-corrected chi connectivity index (χ3v) is 4.86. The lowest BCUT2D eigenvalue weighted by Crippen LogP contribution is -2.34. The van der Waals surface area contributed by atoms with Gasteiger partial charge in [-0.1, -0.05) is 48.5 Å². The third kappa shape index (κ3) is 3.50. The molecule has 0 heterocycles. The number of ether oxygens (including phenoxy) is 2. The number of rotatable bonds is 5. The minimum absolute atomic E-state index is 0.227. The van der Waals surface area contributed by atoms with Gasteiger partial charge in [-0.15, -0.1) is 0 Å². The topological polar surface area (TPSA) is 52.6 Å². The number of hydrogen-bond donors (Lipinski definition) is 0. The molecule has 0 aromatic heterocycles. The van der Waals surface area contributed by atoms with E-state index in [1.165, 1.54) is 0 Å². The van der Waals surface area contributed by atoms with E-state index in [4.69, 9.17) is 9.47 Å². The van der Waals surface area contributed by atoms with Gasteiger partial charge < -0.3 is 9.47 Å². The lowest BCUT2D eigenvalue weighted by molar-refractivity contribution is -0.162. The van der Waals surface area contributed by atoms with Crippen LogP contribution in [0.2, 0.25) is 0 Å². The van der Waals surface area contributed by atoms with E-state index in [2.05, 4.69) is 12.1 Å².